The fourth-order valence-corrected chi connectivity index (χ4v) is 2.62. The van der Waals surface area contributed by atoms with Crippen molar-refractivity contribution in [3.05, 3.63) is 18.0 Å². The first-order chi connectivity index (χ1) is 9.10. The minimum Gasteiger partial charge on any atom is -0.300 e. The van der Waals surface area contributed by atoms with Crippen LogP contribution in [0.5, 0.6) is 0 Å². The van der Waals surface area contributed by atoms with E-state index in [-0.39, 0.29) is 5.92 Å². The highest BCUT2D eigenvalue weighted by Crippen LogP contribution is 2.19. The standard InChI is InChI=1S/C15H25N3O/c1-4-12(2)18-10-7-15(16-18)11-17-8-5-14(6-9-17)13(3)19/h7,10,12,14H,4-6,8-9,11H2,1-3H3. The van der Waals surface area contributed by atoms with Gasteiger partial charge in [0.25, 0.3) is 0 Å². The summed E-state index contributed by atoms with van der Waals surface area (Å²) in [6.07, 6.45) is 5.18. The highest BCUT2D eigenvalue weighted by Gasteiger charge is 2.22. The second kappa shape index (κ2) is 6.33. The molecule has 1 aliphatic heterocycles. The van der Waals surface area contributed by atoms with Gasteiger partial charge in [-0.3, -0.25) is 14.4 Å². The topological polar surface area (TPSA) is 38.1 Å². The van der Waals surface area contributed by atoms with Crippen LogP contribution < -0.4 is 0 Å². The molecule has 4 nitrogen and oxygen atoms in total. The van der Waals surface area contributed by atoms with Crippen molar-refractivity contribution in [3.8, 4) is 0 Å². The molecule has 1 fully saturated rings. The molecule has 106 valence electrons. The van der Waals surface area contributed by atoms with Gasteiger partial charge in [0.05, 0.1) is 5.69 Å². The predicted molar refractivity (Wildman–Crippen MR) is 75.9 cm³/mol. The first kappa shape index (κ1) is 14.3. The summed E-state index contributed by atoms with van der Waals surface area (Å²) in [4.78, 5) is 13.7. The highest BCUT2D eigenvalue weighted by atomic mass is 16.1. The van der Waals surface area contributed by atoms with E-state index in [4.69, 9.17) is 0 Å². The zero-order chi connectivity index (χ0) is 13.8. The summed E-state index contributed by atoms with van der Waals surface area (Å²) in [5, 5.41) is 4.64. The molecular weight excluding hydrogens is 238 g/mol. The third-order valence-corrected chi connectivity index (χ3v) is 4.25. The first-order valence-corrected chi connectivity index (χ1v) is 7.37. The van der Waals surface area contributed by atoms with Crippen molar-refractivity contribution in [1.82, 2.24) is 14.7 Å². The molecule has 1 saturated heterocycles. The largest absolute Gasteiger partial charge is 0.300 e. The fourth-order valence-electron chi connectivity index (χ4n) is 2.62. The smallest absolute Gasteiger partial charge is 0.133 e. The zero-order valence-corrected chi connectivity index (χ0v) is 12.3. The molecule has 0 aromatic carbocycles. The zero-order valence-electron chi connectivity index (χ0n) is 12.3. The molecule has 0 amide bonds. The van der Waals surface area contributed by atoms with Gasteiger partial charge in [-0.05, 0) is 52.3 Å². The van der Waals surface area contributed by atoms with E-state index in [2.05, 4.69) is 40.8 Å². The summed E-state index contributed by atoms with van der Waals surface area (Å²) in [5.41, 5.74) is 1.14. The molecule has 0 saturated carbocycles. The number of likely N-dealkylation sites (tertiary alicyclic amines) is 1. The molecule has 1 unspecified atom stereocenters. The Morgan fingerprint density at radius 2 is 2.16 bits per heavy atom. The number of carbonyl (C=O) groups excluding carboxylic acids is 1. The quantitative estimate of drug-likeness (QED) is 0.819. The van der Waals surface area contributed by atoms with Gasteiger partial charge in [-0.1, -0.05) is 6.92 Å². The van der Waals surface area contributed by atoms with Crippen LogP contribution in [-0.4, -0.2) is 33.6 Å². The summed E-state index contributed by atoms with van der Waals surface area (Å²) >= 11 is 0. The van der Waals surface area contributed by atoms with Gasteiger partial charge in [-0.25, -0.2) is 0 Å². The van der Waals surface area contributed by atoms with E-state index >= 15 is 0 Å². The first-order valence-electron chi connectivity index (χ1n) is 7.37. The van der Waals surface area contributed by atoms with E-state index in [0.717, 1.165) is 44.6 Å². The van der Waals surface area contributed by atoms with Gasteiger partial charge in [-0.2, -0.15) is 5.10 Å². The maximum Gasteiger partial charge on any atom is 0.133 e. The summed E-state index contributed by atoms with van der Waals surface area (Å²) in [7, 11) is 0. The predicted octanol–water partition coefficient (Wildman–Crippen LogP) is 2.66. The number of hydrogen-bond acceptors (Lipinski definition) is 3. The van der Waals surface area contributed by atoms with Crippen LogP contribution in [0.2, 0.25) is 0 Å². The monoisotopic (exact) mass is 263 g/mol. The van der Waals surface area contributed by atoms with E-state index in [0.29, 0.717) is 11.8 Å². The van der Waals surface area contributed by atoms with E-state index < -0.39 is 0 Å². The molecule has 2 rings (SSSR count). The maximum atomic E-state index is 11.3. The van der Waals surface area contributed by atoms with Crippen LogP contribution in [0.3, 0.4) is 0 Å². The van der Waals surface area contributed by atoms with Crippen molar-refractivity contribution in [2.24, 2.45) is 5.92 Å². The van der Waals surface area contributed by atoms with Gasteiger partial charge in [0.1, 0.15) is 5.78 Å². The normalized spacial score (nSPS) is 19.5. The van der Waals surface area contributed by atoms with Gasteiger partial charge in [0.2, 0.25) is 0 Å². The Hall–Kier alpha value is -1.16. The summed E-state index contributed by atoms with van der Waals surface area (Å²) in [6, 6.07) is 2.58. The number of hydrogen-bond donors (Lipinski definition) is 0. The van der Waals surface area contributed by atoms with E-state index in [1.165, 1.54) is 0 Å². The molecule has 4 heteroatoms. The second-order valence-electron chi connectivity index (χ2n) is 5.71. The third-order valence-electron chi connectivity index (χ3n) is 4.25. The molecule has 1 atom stereocenters. The van der Waals surface area contributed by atoms with Gasteiger partial charge < -0.3 is 0 Å². The van der Waals surface area contributed by atoms with Crippen molar-refractivity contribution < 1.29 is 4.79 Å². The fraction of sp³-hybridized carbons (Fsp3) is 0.733. The van der Waals surface area contributed by atoms with Gasteiger partial charge in [-0.15, -0.1) is 0 Å². The van der Waals surface area contributed by atoms with Gasteiger partial charge in [0, 0.05) is 24.7 Å². The van der Waals surface area contributed by atoms with Crippen molar-refractivity contribution in [2.45, 2.75) is 52.6 Å². The Morgan fingerprint density at radius 1 is 1.47 bits per heavy atom. The Balaban J connectivity index is 1.85. The number of carbonyl (C=O) groups is 1. The number of rotatable bonds is 5. The average molecular weight is 263 g/mol. The molecule has 0 aliphatic carbocycles. The average Bonchev–Trinajstić information content (AvgIpc) is 2.87. The summed E-state index contributed by atoms with van der Waals surface area (Å²) in [5.74, 6) is 0.634. The minimum absolute atomic E-state index is 0.286. The van der Waals surface area contributed by atoms with E-state index in [9.17, 15) is 4.79 Å². The van der Waals surface area contributed by atoms with E-state index in [1.54, 1.807) is 6.92 Å². The lowest BCUT2D eigenvalue weighted by molar-refractivity contribution is -0.122. The number of nitrogens with zero attached hydrogens (tertiary/aromatic N) is 3. The van der Waals surface area contributed by atoms with Crippen molar-refractivity contribution >= 4 is 5.78 Å². The van der Waals surface area contributed by atoms with Crippen molar-refractivity contribution in [2.75, 3.05) is 13.1 Å². The van der Waals surface area contributed by atoms with Gasteiger partial charge in [0.15, 0.2) is 0 Å². The molecule has 1 aromatic rings. The van der Waals surface area contributed by atoms with Crippen LogP contribution in [-0.2, 0) is 11.3 Å². The number of aromatic nitrogens is 2. The van der Waals surface area contributed by atoms with Crippen molar-refractivity contribution in [1.29, 1.82) is 0 Å². The Bertz CT molecular complexity index is 419. The Kier molecular flexibility index (Phi) is 4.75. The highest BCUT2D eigenvalue weighted by molar-refractivity contribution is 5.78. The number of Topliss-reactive ketones (excluding diaryl/α,β-unsaturated/α-hetero) is 1. The lowest BCUT2D eigenvalue weighted by Crippen LogP contribution is -2.35. The lowest BCUT2D eigenvalue weighted by atomic mass is 9.93. The summed E-state index contributed by atoms with van der Waals surface area (Å²) < 4.78 is 2.05. The van der Waals surface area contributed by atoms with Crippen LogP contribution in [0.15, 0.2) is 12.3 Å². The molecule has 2 heterocycles. The minimum atomic E-state index is 0.286. The maximum absolute atomic E-state index is 11.3. The Labute approximate surface area is 115 Å². The molecular formula is C15H25N3O. The molecule has 0 bridgehead atoms. The van der Waals surface area contributed by atoms with Crippen LogP contribution in [0.4, 0.5) is 0 Å². The molecule has 0 N–H and O–H groups in total. The van der Waals surface area contributed by atoms with Gasteiger partial charge >= 0.3 is 0 Å². The molecule has 0 radical (unpaired) electrons. The second-order valence-corrected chi connectivity index (χ2v) is 5.71. The molecule has 19 heavy (non-hydrogen) atoms. The van der Waals surface area contributed by atoms with Crippen LogP contribution >= 0.6 is 0 Å². The summed E-state index contributed by atoms with van der Waals surface area (Å²) in [6.45, 7) is 9.02. The lowest BCUT2D eigenvalue weighted by Gasteiger charge is -2.30. The van der Waals surface area contributed by atoms with Crippen molar-refractivity contribution in [3.63, 3.8) is 0 Å². The third kappa shape index (κ3) is 3.66. The molecule has 1 aromatic heterocycles. The molecule has 0 spiro atoms. The molecule has 1 aliphatic rings. The van der Waals surface area contributed by atoms with Crippen LogP contribution in [0.25, 0.3) is 0 Å². The number of ketones is 1. The van der Waals surface area contributed by atoms with Crippen LogP contribution in [0.1, 0.15) is 51.8 Å². The SMILES string of the molecule is CCC(C)n1ccc(CN2CCC(C(C)=O)CC2)n1. The number of piperidine rings is 1. The van der Waals surface area contributed by atoms with Crippen LogP contribution in [0, 0.1) is 5.92 Å². The van der Waals surface area contributed by atoms with E-state index in [1.807, 2.05) is 0 Å². The Morgan fingerprint density at radius 3 is 2.74 bits per heavy atom.